The molecular formula is C10H20N2O3S. The molecule has 0 fully saturated rings. The van der Waals surface area contributed by atoms with Crippen molar-refractivity contribution in [3.8, 4) is 0 Å². The smallest absolute Gasteiger partial charge is 0.323 e. The fourth-order valence-corrected chi connectivity index (χ4v) is 1.30. The van der Waals surface area contributed by atoms with E-state index in [4.69, 9.17) is 5.11 Å². The first-order valence-electron chi connectivity index (χ1n) is 5.17. The number of hydrogen-bond acceptors (Lipinski definition) is 3. The maximum Gasteiger partial charge on any atom is 0.323 e. The van der Waals surface area contributed by atoms with Gasteiger partial charge in [0.15, 0.2) is 0 Å². The van der Waals surface area contributed by atoms with Gasteiger partial charge in [-0.2, -0.15) is 11.8 Å². The van der Waals surface area contributed by atoms with E-state index in [1.165, 1.54) is 4.90 Å². The van der Waals surface area contributed by atoms with Gasteiger partial charge in [-0.05, 0) is 20.1 Å². The first-order chi connectivity index (χ1) is 7.38. The van der Waals surface area contributed by atoms with Crippen LogP contribution in [0.3, 0.4) is 0 Å². The Labute approximate surface area is 101 Å². The summed E-state index contributed by atoms with van der Waals surface area (Å²) >= 11 is 1.65. The molecule has 2 N–H and O–H groups in total. The van der Waals surface area contributed by atoms with Crippen LogP contribution in [-0.2, 0) is 4.79 Å². The number of urea groups is 1. The van der Waals surface area contributed by atoms with Gasteiger partial charge in [-0.25, -0.2) is 4.79 Å². The number of aliphatic carboxylic acids is 1. The number of carboxylic acids is 1. The van der Waals surface area contributed by atoms with Crippen LogP contribution in [0.2, 0.25) is 0 Å². The van der Waals surface area contributed by atoms with Crippen LogP contribution in [-0.4, -0.2) is 52.6 Å². The van der Waals surface area contributed by atoms with Crippen molar-refractivity contribution < 1.29 is 14.7 Å². The summed E-state index contributed by atoms with van der Waals surface area (Å²) in [6, 6.07) is -0.445. The maximum atomic E-state index is 11.7. The van der Waals surface area contributed by atoms with Crippen molar-refractivity contribution in [3.63, 3.8) is 0 Å². The molecule has 6 heteroatoms. The second-order valence-electron chi connectivity index (χ2n) is 3.85. The molecule has 0 radical (unpaired) electrons. The number of nitrogens with zero attached hydrogens (tertiary/aromatic N) is 1. The van der Waals surface area contributed by atoms with Gasteiger partial charge in [-0.3, -0.25) is 4.79 Å². The van der Waals surface area contributed by atoms with Crippen molar-refractivity contribution in [2.24, 2.45) is 0 Å². The van der Waals surface area contributed by atoms with Crippen LogP contribution in [0.5, 0.6) is 0 Å². The van der Waals surface area contributed by atoms with Crippen molar-refractivity contribution in [3.05, 3.63) is 0 Å². The topological polar surface area (TPSA) is 69.6 Å². The summed E-state index contributed by atoms with van der Waals surface area (Å²) in [6.07, 6.45) is 1.97. The molecule has 0 bridgehead atoms. The molecule has 0 aromatic rings. The second-order valence-corrected chi connectivity index (χ2v) is 5.12. The SMILES string of the molecule is CSC(C)CNC(=O)N(CC(=O)O)C(C)C. The quantitative estimate of drug-likeness (QED) is 0.742. The molecular weight excluding hydrogens is 228 g/mol. The van der Waals surface area contributed by atoms with Crippen molar-refractivity contribution in [2.75, 3.05) is 19.3 Å². The molecule has 1 unspecified atom stereocenters. The molecule has 0 saturated heterocycles. The largest absolute Gasteiger partial charge is 0.480 e. The molecule has 2 amide bonds. The minimum atomic E-state index is -0.998. The lowest BCUT2D eigenvalue weighted by atomic mass is 10.3. The second kappa shape index (κ2) is 7.38. The van der Waals surface area contributed by atoms with E-state index < -0.39 is 5.97 Å². The number of nitrogens with one attached hydrogen (secondary N) is 1. The summed E-state index contributed by atoms with van der Waals surface area (Å²) in [7, 11) is 0. The van der Waals surface area contributed by atoms with Gasteiger partial charge in [0, 0.05) is 17.8 Å². The fraction of sp³-hybridized carbons (Fsp3) is 0.800. The molecule has 0 heterocycles. The van der Waals surface area contributed by atoms with E-state index in [0.29, 0.717) is 11.8 Å². The predicted octanol–water partition coefficient (Wildman–Crippen LogP) is 1.24. The van der Waals surface area contributed by atoms with Crippen LogP contribution < -0.4 is 5.32 Å². The molecule has 0 aromatic heterocycles. The van der Waals surface area contributed by atoms with Gasteiger partial charge >= 0.3 is 12.0 Å². The normalized spacial score (nSPS) is 12.3. The Balaban J connectivity index is 4.22. The zero-order chi connectivity index (χ0) is 12.7. The maximum absolute atomic E-state index is 11.7. The van der Waals surface area contributed by atoms with E-state index in [2.05, 4.69) is 5.32 Å². The Bertz CT molecular complexity index is 246. The van der Waals surface area contributed by atoms with Gasteiger partial charge < -0.3 is 15.3 Å². The highest BCUT2D eigenvalue weighted by molar-refractivity contribution is 7.99. The average Bonchev–Trinajstić information content (AvgIpc) is 2.21. The Morgan fingerprint density at radius 3 is 2.31 bits per heavy atom. The van der Waals surface area contributed by atoms with Gasteiger partial charge in [-0.15, -0.1) is 0 Å². The van der Waals surface area contributed by atoms with Crippen LogP contribution in [0.1, 0.15) is 20.8 Å². The Morgan fingerprint density at radius 1 is 1.38 bits per heavy atom. The molecule has 1 atom stereocenters. The summed E-state index contributed by atoms with van der Waals surface area (Å²) in [5, 5.41) is 11.7. The molecule has 0 saturated carbocycles. The van der Waals surface area contributed by atoms with Crippen LogP contribution in [0.15, 0.2) is 0 Å². The summed E-state index contributed by atoms with van der Waals surface area (Å²) < 4.78 is 0. The van der Waals surface area contributed by atoms with Crippen molar-refractivity contribution in [1.29, 1.82) is 0 Å². The van der Waals surface area contributed by atoms with Crippen molar-refractivity contribution in [1.82, 2.24) is 10.2 Å². The first kappa shape index (κ1) is 15.1. The fourth-order valence-electron chi connectivity index (χ4n) is 1.05. The number of hydrogen-bond donors (Lipinski definition) is 2. The van der Waals surface area contributed by atoms with E-state index >= 15 is 0 Å². The van der Waals surface area contributed by atoms with E-state index in [0.717, 1.165) is 0 Å². The van der Waals surface area contributed by atoms with E-state index in [1.807, 2.05) is 13.2 Å². The molecule has 94 valence electrons. The lowest BCUT2D eigenvalue weighted by Gasteiger charge is -2.25. The molecule has 5 nitrogen and oxygen atoms in total. The zero-order valence-corrected chi connectivity index (χ0v) is 11.0. The van der Waals surface area contributed by atoms with E-state index in [9.17, 15) is 9.59 Å². The Kier molecular flexibility index (Phi) is 6.96. The van der Waals surface area contributed by atoms with Crippen LogP contribution >= 0.6 is 11.8 Å². The highest BCUT2D eigenvalue weighted by Gasteiger charge is 2.19. The molecule has 0 aliphatic rings. The number of carbonyl (C=O) groups excluding carboxylic acids is 1. The van der Waals surface area contributed by atoms with Crippen LogP contribution in [0, 0.1) is 0 Å². The summed E-state index contributed by atoms with van der Waals surface area (Å²) in [5.74, 6) is -0.998. The van der Waals surface area contributed by atoms with E-state index in [-0.39, 0.29) is 18.6 Å². The molecule has 16 heavy (non-hydrogen) atoms. The minimum Gasteiger partial charge on any atom is -0.480 e. The van der Waals surface area contributed by atoms with Gasteiger partial charge in [0.05, 0.1) is 0 Å². The lowest BCUT2D eigenvalue weighted by Crippen LogP contribution is -2.47. The van der Waals surface area contributed by atoms with Crippen molar-refractivity contribution >= 4 is 23.8 Å². The lowest BCUT2D eigenvalue weighted by molar-refractivity contribution is -0.138. The standard InChI is InChI=1S/C10H20N2O3S/c1-7(2)12(6-9(13)14)10(15)11-5-8(3)16-4/h7-8H,5-6H2,1-4H3,(H,11,15)(H,13,14). The summed E-state index contributed by atoms with van der Waals surface area (Å²) in [5.41, 5.74) is 0. The van der Waals surface area contributed by atoms with Gasteiger partial charge in [-0.1, -0.05) is 6.92 Å². The predicted molar refractivity (Wildman–Crippen MR) is 65.9 cm³/mol. The van der Waals surface area contributed by atoms with Crippen LogP contribution in [0.25, 0.3) is 0 Å². The average molecular weight is 248 g/mol. The summed E-state index contributed by atoms with van der Waals surface area (Å²) in [6.45, 7) is 5.86. The molecule has 0 aromatic carbocycles. The number of carbonyl (C=O) groups is 2. The first-order valence-corrected chi connectivity index (χ1v) is 6.46. The number of thioether (sulfide) groups is 1. The zero-order valence-electron chi connectivity index (χ0n) is 10.2. The number of rotatable bonds is 6. The molecule has 0 spiro atoms. The third kappa shape index (κ3) is 5.85. The monoisotopic (exact) mass is 248 g/mol. The van der Waals surface area contributed by atoms with Gasteiger partial charge in [0.2, 0.25) is 0 Å². The van der Waals surface area contributed by atoms with Crippen LogP contribution in [0.4, 0.5) is 4.79 Å². The van der Waals surface area contributed by atoms with Gasteiger partial charge in [0.25, 0.3) is 0 Å². The highest BCUT2D eigenvalue weighted by atomic mass is 32.2. The number of carboxylic acid groups (broad SMARTS) is 1. The Hall–Kier alpha value is -0.910. The van der Waals surface area contributed by atoms with Crippen molar-refractivity contribution in [2.45, 2.75) is 32.1 Å². The number of amides is 2. The summed E-state index contributed by atoms with van der Waals surface area (Å²) in [4.78, 5) is 23.6. The van der Waals surface area contributed by atoms with Gasteiger partial charge in [0.1, 0.15) is 6.54 Å². The minimum absolute atomic E-state index is 0.124. The molecule has 0 aliphatic carbocycles. The third-order valence-electron chi connectivity index (χ3n) is 2.13. The molecule has 0 rings (SSSR count). The Morgan fingerprint density at radius 2 is 1.94 bits per heavy atom. The highest BCUT2D eigenvalue weighted by Crippen LogP contribution is 2.04. The third-order valence-corrected chi connectivity index (χ3v) is 3.10. The molecule has 0 aliphatic heterocycles. The van der Waals surface area contributed by atoms with E-state index in [1.54, 1.807) is 25.6 Å².